The molecule has 13 heteroatoms. The Labute approximate surface area is 219 Å². The third kappa shape index (κ3) is 4.13. The molecule has 2 saturated carbocycles. The SMILES string of the molecule is CS(=O)(=O)Nc1ccc2c(c1)S(=O)(=O)N=C(C1=C(O)[C@@H]3C([C@@H]4CC[C@H]3C4)N(Cc3ccc(F)cc3)C1=O)N2. The van der Waals surface area contributed by atoms with Gasteiger partial charge in [-0.25, -0.2) is 12.8 Å². The van der Waals surface area contributed by atoms with E-state index in [-0.39, 0.29) is 63.8 Å². The largest absolute Gasteiger partial charge is 0.511 e. The second-order valence-corrected chi connectivity index (χ2v) is 13.6. The van der Waals surface area contributed by atoms with Crippen LogP contribution in [0.1, 0.15) is 24.8 Å². The number of amidine groups is 1. The minimum atomic E-state index is -4.35. The lowest BCUT2D eigenvalue weighted by Crippen LogP contribution is -2.53. The van der Waals surface area contributed by atoms with Gasteiger partial charge in [0.1, 0.15) is 22.0 Å². The second kappa shape index (κ2) is 8.53. The highest BCUT2D eigenvalue weighted by molar-refractivity contribution is 7.92. The van der Waals surface area contributed by atoms with Crippen LogP contribution in [0.15, 0.2) is 63.1 Å². The van der Waals surface area contributed by atoms with Crippen LogP contribution in [0.4, 0.5) is 15.8 Å². The van der Waals surface area contributed by atoms with Gasteiger partial charge in [0.2, 0.25) is 10.0 Å². The smallest absolute Gasteiger partial charge is 0.286 e. The Balaban J connectivity index is 1.41. The molecule has 0 saturated heterocycles. The molecule has 4 atom stereocenters. The zero-order chi connectivity index (χ0) is 27.0. The van der Waals surface area contributed by atoms with Crippen LogP contribution >= 0.6 is 0 Å². The summed E-state index contributed by atoms with van der Waals surface area (Å²) in [7, 11) is -7.99. The third-order valence-electron chi connectivity index (χ3n) is 7.81. The molecule has 2 fully saturated rings. The van der Waals surface area contributed by atoms with Gasteiger partial charge in [0.25, 0.3) is 15.9 Å². The van der Waals surface area contributed by atoms with Crippen molar-refractivity contribution in [3.8, 4) is 0 Å². The van der Waals surface area contributed by atoms with Gasteiger partial charge in [-0.1, -0.05) is 12.1 Å². The number of aliphatic hydroxyl groups is 1. The number of fused-ring (bicyclic) bond motifs is 6. The number of anilines is 2. The van der Waals surface area contributed by atoms with Crippen LogP contribution in [0.3, 0.4) is 0 Å². The first kappa shape index (κ1) is 24.9. The molecule has 6 rings (SSSR count). The van der Waals surface area contributed by atoms with Gasteiger partial charge in [-0.05, 0) is 67.0 Å². The van der Waals surface area contributed by atoms with E-state index in [2.05, 4.69) is 14.4 Å². The average Bonchev–Trinajstić information content (AvgIpc) is 3.45. The number of halogens is 1. The van der Waals surface area contributed by atoms with Gasteiger partial charge >= 0.3 is 0 Å². The topological polar surface area (TPSA) is 145 Å². The molecule has 0 radical (unpaired) electrons. The monoisotopic (exact) mass is 560 g/mol. The van der Waals surface area contributed by atoms with E-state index in [1.807, 2.05) is 0 Å². The maximum Gasteiger partial charge on any atom is 0.286 e. The molecule has 4 aliphatic rings. The standard InChI is InChI=1S/C25H25FN4O6S2/c1-37(33,34)28-17-8-9-18-19(11-17)38(35,36)29-24(27-18)21-23(31)20-14-4-5-15(10-14)22(20)30(25(21)32)12-13-2-6-16(26)7-3-13/h2-3,6-9,11,14-15,20,22,28,31H,4-5,10,12H2,1H3,(H,27,29)/t14-,15+,20-,22?/m0/s1. The van der Waals surface area contributed by atoms with Crippen molar-refractivity contribution in [1.82, 2.24) is 4.90 Å². The van der Waals surface area contributed by atoms with E-state index in [0.717, 1.165) is 31.6 Å². The highest BCUT2D eigenvalue weighted by atomic mass is 32.2. The Bertz CT molecular complexity index is 1640. The molecule has 1 amide bonds. The van der Waals surface area contributed by atoms with E-state index >= 15 is 0 Å². The third-order valence-corrected chi connectivity index (χ3v) is 9.73. The van der Waals surface area contributed by atoms with Gasteiger partial charge < -0.3 is 15.3 Å². The number of sulfonamides is 2. The van der Waals surface area contributed by atoms with Crippen molar-refractivity contribution >= 4 is 43.2 Å². The minimum Gasteiger partial charge on any atom is -0.511 e. The number of aliphatic hydroxyl groups excluding tert-OH is 1. The first-order valence-corrected chi connectivity index (χ1v) is 15.5. The zero-order valence-electron chi connectivity index (χ0n) is 20.3. The van der Waals surface area contributed by atoms with E-state index in [0.29, 0.717) is 5.56 Å². The van der Waals surface area contributed by atoms with Gasteiger partial charge in [-0.15, -0.1) is 4.40 Å². The molecule has 2 aliphatic heterocycles. The van der Waals surface area contributed by atoms with E-state index < -0.39 is 31.8 Å². The van der Waals surface area contributed by atoms with Crippen molar-refractivity contribution in [1.29, 1.82) is 0 Å². The minimum absolute atomic E-state index is 0.0429. The summed E-state index contributed by atoms with van der Waals surface area (Å²) < 4.78 is 69.0. The summed E-state index contributed by atoms with van der Waals surface area (Å²) in [5, 5.41) is 14.3. The average molecular weight is 561 g/mol. The summed E-state index contributed by atoms with van der Waals surface area (Å²) in [6, 6.07) is 9.49. The first-order valence-electron chi connectivity index (χ1n) is 12.1. The molecule has 3 N–H and O–H groups in total. The molecular weight excluding hydrogens is 535 g/mol. The quantitative estimate of drug-likeness (QED) is 0.510. The first-order chi connectivity index (χ1) is 17.9. The molecule has 200 valence electrons. The predicted octanol–water partition coefficient (Wildman–Crippen LogP) is 2.98. The maximum atomic E-state index is 13.9. The van der Waals surface area contributed by atoms with Crippen molar-refractivity contribution in [2.24, 2.45) is 22.2 Å². The Morgan fingerprint density at radius 3 is 2.58 bits per heavy atom. The number of nitrogens with one attached hydrogen (secondary N) is 2. The van der Waals surface area contributed by atoms with Gasteiger partial charge in [0, 0.05) is 24.2 Å². The predicted molar refractivity (Wildman–Crippen MR) is 138 cm³/mol. The summed E-state index contributed by atoms with van der Waals surface area (Å²) in [5.41, 5.74) is 0.654. The van der Waals surface area contributed by atoms with Crippen LogP contribution < -0.4 is 10.0 Å². The number of rotatable bonds is 5. The van der Waals surface area contributed by atoms with Crippen LogP contribution in [0, 0.1) is 23.6 Å². The highest BCUT2D eigenvalue weighted by Crippen LogP contribution is 2.55. The highest BCUT2D eigenvalue weighted by Gasteiger charge is 2.57. The number of benzene rings is 2. The molecule has 2 heterocycles. The fourth-order valence-corrected chi connectivity index (χ4v) is 8.08. The lowest BCUT2D eigenvalue weighted by atomic mass is 9.77. The van der Waals surface area contributed by atoms with E-state index in [1.165, 1.54) is 24.3 Å². The molecule has 0 spiro atoms. The lowest BCUT2D eigenvalue weighted by Gasteiger charge is -2.44. The van der Waals surface area contributed by atoms with Crippen LogP contribution in [0.2, 0.25) is 0 Å². The maximum absolute atomic E-state index is 13.9. The fraction of sp³-hybridized carbons (Fsp3) is 0.360. The van der Waals surface area contributed by atoms with Crippen LogP contribution in [0.5, 0.6) is 0 Å². The van der Waals surface area contributed by atoms with Crippen LogP contribution in [-0.4, -0.2) is 50.9 Å². The van der Waals surface area contributed by atoms with E-state index in [1.54, 1.807) is 17.0 Å². The summed E-state index contributed by atoms with van der Waals surface area (Å²) in [5.74, 6) is -1.38. The van der Waals surface area contributed by atoms with E-state index in [9.17, 15) is 31.1 Å². The molecule has 2 bridgehead atoms. The van der Waals surface area contributed by atoms with Crippen LogP contribution in [0.25, 0.3) is 0 Å². The number of carbonyl (C=O) groups excluding carboxylic acids is 1. The van der Waals surface area contributed by atoms with Crippen molar-refractivity contribution < 1.29 is 31.1 Å². The number of amides is 1. The zero-order valence-corrected chi connectivity index (χ0v) is 21.9. The Morgan fingerprint density at radius 1 is 1.16 bits per heavy atom. The second-order valence-electron chi connectivity index (χ2n) is 10.3. The number of hydrogen-bond acceptors (Lipinski definition) is 7. The summed E-state index contributed by atoms with van der Waals surface area (Å²) in [6.45, 7) is 0.178. The molecule has 2 aliphatic carbocycles. The van der Waals surface area contributed by atoms with Crippen molar-refractivity contribution in [3.05, 3.63) is 65.2 Å². The van der Waals surface area contributed by atoms with E-state index in [4.69, 9.17) is 0 Å². The van der Waals surface area contributed by atoms with Crippen LogP contribution in [-0.2, 0) is 31.4 Å². The molecule has 2 aromatic rings. The summed E-state index contributed by atoms with van der Waals surface area (Å²) >= 11 is 0. The number of carbonyl (C=O) groups is 1. The number of nitrogens with zero attached hydrogens (tertiary/aromatic N) is 2. The normalized spacial score (nSPS) is 27.5. The lowest BCUT2D eigenvalue weighted by molar-refractivity contribution is -0.134. The Morgan fingerprint density at radius 2 is 1.87 bits per heavy atom. The van der Waals surface area contributed by atoms with Gasteiger partial charge in [0.05, 0.1) is 11.9 Å². The van der Waals surface area contributed by atoms with Gasteiger partial charge in [-0.2, -0.15) is 8.42 Å². The van der Waals surface area contributed by atoms with Gasteiger partial charge in [0.15, 0.2) is 5.84 Å². The van der Waals surface area contributed by atoms with Crippen molar-refractivity contribution in [2.45, 2.75) is 36.7 Å². The van der Waals surface area contributed by atoms with Crippen molar-refractivity contribution in [2.75, 3.05) is 16.3 Å². The Kier molecular flexibility index (Phi) is 5.58. The molecule has 2 aromatic carbocycles. The summed E-state index contributed by atoms with van der Waals surface area (Å²) in [6.07, 6.45) is 3.64. The molecule has 1 unspecified atom stereocenters. The van der Waals surface area contributed by atoms with Gasteiger partial charge in [-0.3, -0.25) is 9.52 Å². The molecular formula is C25H25FN4O6S2. The van der Waals surface area contributed by atoms with Crippen molar-refractivity contribution in [3.63, 3.8) is 0 Å². The molecule has 10 nitrogen and oxygen atoms in total. The summed E-state index contributed by atoms with van der Waals surface area (Å²) in [4.78, 5) is 15.3. The molecule has 0 aromatic heterocycles. The molecule has 38 heavy (non-hydrogen) atoms. The fourth-order valence-electron chi connectivity index (χ4n) is 6.38. The Hall–Kier alpha value is -3.45. The number of hydrogen-bond donors (Lipinski definition) is 3.